The van der Waals surface area contributed by atoms with E-state index in [-0.39, 0.29) is 6.54 Å². The van der Waals surface area contributed by atoms with E-state index in [1.54, 1.807) is 35.4 Å². The van der Waals surface area contributed by atoms with E-state index in [4.69, 9.17) is 0 Å². The number of halogens is 3. The van der Waals surface area contributed by atoms with Gasteiger partial charge in [0.25, 0.3) is 0 Å². The summed E-state index contributed by atoms with van der Waals surface area (Å²) in [6, 6.07) is 3.52. The van der Waals surface area contributed by atoms with Crippen molar-refractivity contribution in [2.75, 3.05) is 6.54 Å². The van der Waals surface area contributed by atoms with Gasteiger partial charge in [-0.25, -0.2) is 0 Å². The van der Waals surface area contributed by atoms with Gasteiger partial charge in [0.1, 0.15) is 6.54 Å². The molecule has 2 heterocycles. The summed E-state index contributed by atoms with van der Waals surface area (Å²) in [5.41, 5.74) is 1.59. The van der Waals surface area contributed by atoms with Gasteiger partial charge in [-0.05, 0) is 30.7 Å². The second-order valence-electron chi connectivity index (χ2n) is 6.04. The molecule has 0 aliphatic heterocycles. The van der Waals surface area contributed by atoms with Crippen molar-refractivity contribution in [3.05, 3.63) is 39.8 Å². The molecule has 8 heteroatoms. The minimum absolute atomic E-state index is 0.0118. The Morgan fingerprint density at radius 1 is 1.50 bits per heavy atom. The van der Waals surface area contributed by atoms with Gasteiger partial charge in [0, 0.05) is 23.7 Å². The number of alkyl halides is 3. The van der Waals surface area contributed by atoms with Gasteiger partial charge in [-0.1, -0.05) is 6.07 Å². The van der Waals surface area contributed by atoms with Crippen LogP contribution in [0.15, 0.2) is 23.7 Å². The Balaban J connectivity index is 1.85. The molecular formula is C16H18F3N3OS. The van der Waals surface area contributed by atoms with Crippen molar-refractivity contribution in [3.8, 4) is 0 Å². The number of aromatic nitrogens is 2. The van der Waals surface area contributed by atoms with Crippen molar-refractivity contribution in [1.82, 2.24) is 14.7 Å². The number of fused-ring (bicyclic) bond motifs is 1. The highest BCUT2D eigenvalue weighted by molar-refractivity contribution is 7.09. The molecule has 1 atom stereocenters. The van der Waals surface area contributed by atoms with Crippen LogP contribution in [0.4, 0.5) is 13.2 Å². The van der Waals surface area contributed by atoms with E-state index in [9.17, 15) is 18.0 Å². The van der Waals surface area contributed by atoms with Crippen LogP contribution in [-0.2, 0) is 24.8 Å². The SMILES string of the molecule is Cn1cc2c(n1)CCCC2C(=O)N(Cc1cccs1)CC(F)(F)F. The van der Waals surface area contributed by atoms with Crippen LogP contribution in [0.1, 0.15) is 34.9 Å². The lowest BCUT2D eigenvalue weighted by atomic mass is 9.86. The average molecular weight is 357 g/mol. The van der Waals surface area contributed by atoms with E-state index < -0.39 is 24.5 Å². The second kappa shape index (κ2) is 6.58. The highest BCUT2D eigenvalue weighted by Gasteiger charge is 2.38. The maximum absolute atomic E-state index is 13.0. The quantitative estimate of drug-likeness (QED) is 0.840. The number of rotatable bonds is 4. The van der Waals surface area contributed by atoms with Crippen LogP contribution < -0.4 is 0 Å². The summed E-state index contributed by atoms with van der Waals surface area (Å²) in [4.78, 5) is 14.5. The molecule has 2 aromatic rings. The fraction of sp³-hybridized carbons (Fsp3) is 0.500. The first-order chi connectivity index (χ1) is 11.3. The Hall–Kier alpha value is -1.83. The molecule has 0 saturated heterocycles. The second-order valence-corrected chi connectivity index (χ2v) is 7.07. The molecule has 24 heavy (non-hydrogen) atoms. The van der Waals surface area contributed by atoms with Crippen molar-refractivity contribution in [1.29, 1.82) is 0 Å². The van der Waals surface area contributed by atoms with Crippen LogP contribution in [0.5, 0.6) is 0 Å². The molecule has 1 amide bonds. The summed E-state index contributed by atoms with van der Waals surface area (Å²) in [5, 5.41) is 6.12. The summed E-state index contributed by atoms with van der Waals surface area (Å²) in [6.07, 6.45) is -0.562. The molecule has 130 valence electrons. The first-order valence-corrected chi connectivity index (χ1v) is 8.62. The van der Waals surface area contributed by atoms with Crippen LogP contribution in [-0.4, -0.2) is 33.3 Å². The van der Waals surface area contributed by atoms with Gasteiger partial charge < -0.3 is 4.90 Å². The van der Waals surface area contributed by atoms with E-state index in [2.05, 4.69) is 5.10 Å². The Morgan fingerprint density at radius 3 is 2.96 bits per heavy atom. The predicted octanol–water partition coefficient (Wildman–Crippen LogP) is 3.49. The summed E-state index contributed by atoms with van der Waals surface area (Å²) >= 11 is 1.35. The van der Waals surface area contributed by atoms with E-state index in [1.165, 1.54) is 11.3 Å². The van der Waals surface area contributed by atoms with Crippen LogP contribution in [0.25, 0.3) is 0 Å². The maximum Gasteiger partial charge on any atom is 0.406 e. The van der Waals surface area contributed by atoms with Gasteiger partial charge in [0.05, 0.1) is 18.2 Å². The lowest BCUT2D eigenvalue weighted by Crippen LogP contribution is -2.41. The molecule has 2 aromatic heterocycles. The van der Waals surface area contributed by atoms with Crippen molar-refractivity contribution in [3.63, 3.8) is 0 Å². The maximum atomic E-state index is 13.0. The fourth-order valence-electron chi connectivity index (χ4n) is 3.16. The van der Waals surface area contributed by atoms with Crippen LogP contribution >= 0.6 is 11.3 Å². The number of carbonyl (C=O) groups is 1. The van der Waals surface area contributed by atoms with E-state index in [0.29, 0.717) is 6.42 Å². The third kappa shape index (κ3) is 3.80. The van der Waals surface area contributed by atoms with Crippen molar-refractivity contribution in [2.24, 2.45) is 7.05 Å². The number of hydrogen-bond donors (Lipinski definition) is 0. The van der Waals surface area contributed by atoms with E-state index in [0.717, 1.165) is 33.9 Å². The first kappa shape index (κ1) is 17.0. The van der Waals surface area contributed by atoms with Gasteiger partial charge in [-0.15, -0.1) is 11.3 Å². The van der Waals surface area contributed by atoms with Crippen LogP contribution in [0.2, 0.25) is 0 Å². The molecule has 1 aliphatic rings. The average Bonchev–Trinajstić information content (AvgIpc) is 3.12. The third-order valence-electron chi connectivity index (χ3n) is 4.13. The zero-order valence-electron chi connectivity index (χ0n) is 13.2. The molecule has 4 nitrogen and oxygen atoms in total. The molecule has 1 unspecified atom stereocenters. The van der Waals surface area contributed by atoms with Gasteiger partial charge in [0.15, 0.2) is 0 Å². The number of hydrogen-bond acceptors (Lipinski definition) is 3. The minimum atomic E-state index is -4.42. The standard InChI is InChI=1S/C16H18F3N3OS/c1-21-9-13-12(5-2-6-14(13)20-21)15(23)22(10-16(17,18)19)8-11-4-3-7-24-11/h3-4,7,9,12H,2,5-6,8,10H2,1H3. The summed E-state index contributed by atoms with van der Waals surface area (Å²) in [6.45, 7) is -1.24. The molecule has 0 spiro atoms. The number of thiophene rings is 1. The number of aryl methyl sites for hydroxylation is 2. The van der Waals surface area contributed by atoms with Gasteiger partial charge >= 0.3 is 6.18 Å². The summed E-state index contributed by atoms with van der Waals surface area (Å²) in [7, 11) is 1.76. The predicted molar refractivity (Wildman–Crippen MR) is 84.7 cm³/mol. The summed E-state index contributed by atoms with van der Waals surface area (Å²) < 4.78 is 40.5. The number of carbonyl (C=O) groups excluding carboxylic acids is 1. The minimum Gasteiger partial charge on any atom is -0.328 e. The highest BCUT2D eigenvalue weighted by atomic mass is 32.1. The molecule has 3 rings (SSSR count). The lowest BCUT2D eigenvalue weighted by molar-refractivity contribution is -0.163. The molecule has 0 fully saturated rings. The first-order valence-electron chi connectivity index (χ1n) is 7.74. The monoisotopic (exact) mass is 357 g/mol. The molecular weight excluding hydrogens is 339 g/mol. The third-order valence-corrected chi connectivity index (χ3v) is 4.99. The molecule has 0 aromatic carbocycles. The van der Waals surface area contributed by atoms with Gasteiger partial charge in [-0.3, -0.25) is 9.48 Å². The number of nitrogens with zero attached hydrogens (tertiary/aromatic N) is 3. The topological polar surface area (TPSA) is 38.1 Å². The van der Waals surface area contributed by atoms with Crippen molar-refractivity contribution in [2.45, 2.75) is 37.9 Å². The van der Waals surface area contributed by atoms with Crippen molar-refractivity contribution < 1.29 is 18.0 Å². The summed E-state index contributed by atoms with van der Waals surface area (Å²) in [5.74, 6) is -1.00. The molecule has 1 aliphatic carbocycles. The normalized spacial score (nSPS) is 17.6. The Kier molecular flexibility index (Phi) is 4.67. The Labute approximate surface area is 141 Å². The van der Waals surface area contributed by atoms with Crippen LogP contribution in [0, 0.1) is 0 Å². The Bertz CT molecular complexity index is 709. The lowest BCUT2D eigenvalue weighted by Gasteiger charge is -2.29. The van der Waals surface area contributed by atoms with Crippen LogP contribution in [0.3, 0.4) is 0 Å². The molecule has 0 N–H and O–H groups in total. The highest BCUT2D eigenvalue weighted by Crippen LogP contribution is 2.33. The Morgan fingerprint density at radius 2 is 2.29 bits per heavy atom. The largest absolute Gasteiger partial charge is 0.406 e. The van der Waals surface area contributed by atoms with E-state index in [1.807, 2.05) is 0 Å². The zero-order chi connectivity index (χ0) is 17.3. The molecule has 0 radical (unpaired) electrons. The fourth-order valence-corrected chi connectivity index (χ4v) is 3.88. The number of amides is 1. The van der Waals surface area contributed by atoms with Gasteiger partial charge in [-0.2, -0.15) is 18.3 Å². The smallest absolute Gasteiger partial charge is 0.328 e. The van der Waals surface area contributed by atoms with E-state index >= 15 is 0 Å². The zero-order valence-corrected chi connectivity index (χ0v) is 14.0. The van der Waals surface area contributed by atoms with Crippen molar-refractivity contribution >= 4 is 17.2 Å². The molecule has 0 bridgehead atoms. The van der Waals surface area contributed by atoms with Gasteiger partial charge in [0.2, 0.25) is 5.91 Å². The molecule has 0 saturated carbocycles.